The number of hydrogen-bond donors (Lipinski definition) is 1. The largest absolute Gasteiger partial charge is 0.493 e. The van der Waals surface area contributed by atoms with Crippen LogP contribution in [0.4, 0.5) is 0 Å². The van der Waals surface area contributed by atoms with E-state index in [1.807, 2.05) is 31.2 Å². The molecule has 5 heteroatoms. The summed E-state index contributed by atoms with van der Waals surface area (Å²) in [5, 5.41) is 3.07. The minimum absolute atomic E-state index is 0.0195. The van der Waals surface area contributed by atoms with Gasteiger partial charge in [-0.05, 0) is 18.9 Å². The average molecular weight is 295 g/mol. The van der Waals surface area contributed by atoms with Crippen LogP contribution in [-0.2, 0) is 15.6 Å². The van der Waals surface area contributed by atoms with Gasteiger partial charge in [0.05, 0.1) is 12.6 Å². The molecule has 0 radical (unpaired) electrons. The van der Waals surface area contributed by atoms with Crippen LogP contribution in [0.5, 0.6) is 5.75 Å². The van der Waals surface area contributed by atoms with Gasteiger partial charge in [0, 0.05) is 34.3 Å². The summed E-state index contributed by atoms with van der Waals surface area (Å²) in [6.45, 7) is 2.49. The molecular weight excluding hydrogens is 274 g/mol. The van der Waals surface area contributed by atoms with E-state index >= 15 is 0 Å². The van der Waals surface area contributed by atoms with Gasteiger partial charge in [0.15, 0.2) is 0 Å². The smallest absolute Gasteiger partial charge is 0.224 e. The maximum Gasteiger partial charge on any atom is 0.224 e. The first-order valence-corrected chi connectivity index (χ1v) is 8.62. The van der Waals surface area contributed by atoms with E-state index < -0.39 is 10.8 Å². The molecule has 1 aromatic carbocycles. The van der Waals surface area contributed by atoms with Crippen molar-refractivity contribution >= 4 is 16.7 Å². The van der Waals surface area contributed by atoms with Crippen molar-refractivity contribution in [3.8, 4) is 5.75 Å². The van der Waals surface area contributed by atoms with Gasteiger partial charge in [0.25, 0.3) is 0 Å². The van der Waals surface area contributed by atoms with E-state index in [9.17, 15) is 9.00 Å². The molecule has 110 valence electrons. The van der Waals surface area contributed by atoms with Crippen molar-refractivity contribution in [2.24, 2.45) is 5.92 Å². The van der Waals surface area contributed by atoms with Crippen molar-refractivity contribution in [3.05, 3.63) is 29.8 Å². The Labute approximate surface area is 122 Å². The molecule has 1 N–H and O–H groups in total. The minimum Gasteiger partial charge on any atom is -0.493 e. The number of amides is 1. The molecule has 20 heavy (non-hydrogen) atoms. The number of rotatable bonds is 4. The molecule has 4 nitrogen and oxygen atoms in total. The molecule has 1 amide bonds. The average Bonchev–Trinajstić information content (AvgIpc) is 2.61. The van der Waals surface area contributed by atoms with Gasteiger partial charge in [0.1, 0.15) is 5.75 Å². The standard InChI is InChI=1S/C15H21NO3S/c1-11(10-20(2)18)15(17)16-13-7-5-9-19-14-8-4-3-6-12(13)14/h3-4,6,8,11,13H,5,7,9-10H2,1-2H3,(H,16,17)/t11-,13+,20-/m1/s1. The summed E-state index contributed by atoms with van der Waals surface area (Å²) >= 11 is 0. The van der Waals surface area contributed by atoms with Gasteiger partial charge in [-0.15, -0.1) is 0 Å². The Hall–Kier alpha value is -1.36. The number of fused-ring (bicyclic) bond motifs is 1. The van der Waals surface area contributed by atoms with Crippen molar-refractivity contribution in [2.45, 2.75) is 25.8 Å². The molecule has 3 atom stereocenters. The summed E-state index contributed by atoms with van der Waals surface area (Å²) in [5.74, 6) is 0.970. The summed E-state index contributed by atoms with van der Waals surface area (Å²) in [6.07, 6.45) is 3.40. The van der Waals surface area contributed by atoms with Gasteiger partial charge in [-0.2, -0.15) is 0 Å². The number of ether oxygens (including phenoxy) is 1. The SMILES string of the molecule is C[C@H](C[S@@](C)=O)C(=O)N[C@H]1CCCOc2ccccc21. The number of para-hydroxylation sites is 1. The van der Waals surface area contributed by atoms with Crippen molar-refractivity contribution in [1.29, 1.82) is 0 Å². The summed E-state index contributed by atoms with van der Waals surface area (Å²) in [7, 11) is -0.957. The van der Waals surface area contributed by atoms with E-state index in [1.54, 1.807) is 6.26 Å². The van der Waals surface area contributed by atoms with E-state index in [1.165, 1.54) is 0 Å². The van der Waals surface area contributed by atoms with Crippen LogP contribution < -0.4 is 10.1 Å². The third-order valence-electron chi connectivity index (χ3n) is 3.44. The second-order valence-electron chi connectivity index (χ2n) is 5.23. The van der Waals surface area contributed by atoms with Gasteiger partial charge in [-0.25, -0.2) is 0 Å². The van der Waals surface area contributed by atoms with Crippen LogP contribution in [0.1, 0.15) is 31.4 Å². The predicted octanol–water partition coefficient (Wildman–Crippen LogP) is 2.03. The Balaban J connectivity index is 2.09. The van der Waals surface area contributed by atoms with Crippen LogP contribution in [0, 0.1) is 5.92 Å². The van der Waals surface area contributed by atoms with E-state index in [-0.39, 0.29) is 17.9 Å². The summed E-state index contributed by atoms with van der Waals surface area (Å²) in [4.78, 5) is 12.2. The highest BCUT2D eigenvalue weighted by atomic mass is 32.2. The molecule has 0 aromatic heterocycles. The molecule has 0 aliphatic carbocycles. The third-order valence-corrected chi connectivity index (χ3v) is 4.41. The molecule has 1 aliphatic heterocycles. The molecule has 1 aliphatic rings. The number of carbonyl (C=O) groups excluding carboxylic acids is 1. The number of nitrogens with one attached hydrogen (secondary N) is 1. The molecule has 2 rings (SSSR count). The Morgan fingerprint density at radius 1 is 1.50 bits per heavy atom. The topological polar surface area (TPSA) is 55.4 Å². The minimum atomic E-state index is -0.957. The summed E-state index contributed by atoms with van der Waals surface area (Å²) in [6, 6.07) is 7.80. The number of hydrogen-bond acceptors (Lipinski definition) is 3. The Kier molecular flexibility index (Phi) is 5.17. The monoisotopic (exact) mass is 295 g/mol. The normalized spacial score (nSPS) is 21.0. The van der Waals surface area contributed by atoms with E-state index in [0.717, 1.165) is 24.2 Å². The summed E-state index contributed by atoms with van der Waals surface area (Å²) < 4.78 is 16.9. The molecule has 0 bridgehead atoms. The Morgan fingerprint density at radius 2 is 2.25 bits per heavy atom. The van der Waals surface area contributed by atoms with Gasteiger partial charge < -0.3 is 10.1 Å². The Morgan fingerprint density at radius 3 is 3.00 bits per heavy atom. The molecule has 0 saturated heterocycles. The van der Waals surface area contributed by atoms with Gasteiger partial charge in [-0.3, -0.25) is 9.00 Å². The lowest BCUT2D eigenvalue weighted by Gasteiger charge is -2.20. The first-order valence-electron chi connectivity index (χ1n) is 6.90. The lowest BCUT2D eigenvalue weighted by molar-refractivity contribution is -0.124. The fraction of sp³-hybridized carbons (Fsp3) is 0.533. The number of carbonyl (C=O) groups is 1. The van der Waals surface area contributed by atoms with Gasteiger partial charge >= 0.3 is 0 Å². The zero-order valence-electron chi connectivity index (χ0n) is 11.9. The van der Waals surface area contributed by atoms with Gasteiger partial charge in [0.2, 0.25) is 5.91 Å². The zero-order valence-corrected chi connectivity index (χ0v) is 12.7. The lowest BCUT2D eigenvalue weighted by atomic mass is 10.0. The maximum absolute atomic E-state index is 12.2. The van der Waals surface area contributed by atoms with Crippen LogP contribution in [0.25, 0.3) is 0 Å². The van der Waals surface area contributed by atoms with Crippen LogP contribution >= 0.6 is 0 Å². The first-order chi connectivity index (χ1) is 9.58. The van der Waals surface area contributed by atoms with E-state index in [2.05, 4.69) is 5.32 Å². The van der Waals surface area contributed by atoms with Crippen LogP contribution in [0.15, 0.2) is 24.3 Å². The highest BCUT2D eigenvalue weighted by molar-refractivity contribution is 7.84. The highest BCUT2D eigenvalue weighted by Crippen LogP contribution is 2.31. The third kappa shape index (κ3) is 3.82. The van der Waals surface area contributed by atoms with Gasteiger partial charge in [-0.1, -0.05) is 25.1 Å². The molecule has 0 fully saturated rings. The van der Waals surface area contributed by atoms with Crippen molar-refractivity contribution in [2.75, 3.05) is 18.6 Å². The molecule has 1 aromatic rings. The maximum atomic E-state index is 12.2. The molecular formula is C15H21NO3S. The van der Waals surface area contributed by atoms with Crippen LogP contribution in [0.3, 0.4) is 0 Å². The van der Waals surface area contributed by atoms with Crippen molar-refractivity contribution < 1.29 is 13.7 Å². The van der Waals surface area contributed by atoms with E-state index in [0.29, 0.717) is 12.4 Å². The fourth-order valence-electron chi connectivity index (χ4n) is 2.42. The molecule has 0 spiro atoms. The van der Waals surface area contributed by atoms with Crippen LogP contribution in [-0.4, -0.2) is 28.7 Å². The predicted molar refractivity (Wildman–Crippen MR) is 80.2 cm³/mol. The quantitative estimate of drug-likeness (QED) is 0.924. The first kappa shape index (κ1) is 15.0. The zero-order chi connectivity index (χ0) is 14.5. The lowest BCUT2D eigenvalue weighted by Crippen LogP contribution is -2.34. The van der Waals surface area contributed by atoms with Crippen molar-refractivity contribution in [3.63, 3.8) is 0 Å². The summed E-state index contributed by atoms with van der Waals surface area (Å²) in [5.41, 5.74) is 1.03. The van der Waals surface area contributed by atoms with Crippen molar-refractivity contribution in [1.82, 2.24) is 5.32 Å². The molecule has 0 saturated carbocycles. The molecule has 1 heterocycles. The number of benzene rings is 1. The Bertz CT molecular complexity index is 504. The fourth-order valence-corrected chi connectivity index (χ4v) is 3.27. The van der Waals surface area contributed by atoms with Crippen LogP contribution in [0.2, 0.25) is 0 Å². The van der Waals surface area contributed by atoms with E-state index in [4.69, 9.17) is 4.74 Å². The molecule has 0 unspecified atom stereocenters. The highest BCUT2D eigenvalue weighted by Gasteiger charge is 2.23. The second-order valence-corrected chi connectivity index (χ2v) is 6.71. The second kappa shape index (κ2) is 6.88.